The molecule has 0 aliphatic carbocycles. The molecule has 0 radical (unpaired) electrons. The maximum absolute atomic E-state index is 11.3. The molecule has 3 nitrogen and oxygen atoms in total. The van der Waals surface area contributed by atoms with E-state index in [1.54, 1.807) is 0 Å². The van der Waals surface area contributed by atoms with Crippen LogP contribution < -0.4 is 5.73 Å². The summed E-state index contributed by atoms with van der Waals surface area (Å²) in [6.07, 6.45) is -0.427. The Bertz CT molecular complexity index is 601. The van der Waals surface area contributed by atoms with Crippen LogP contribution in [0.15, 0.2) is 54.6 Å². The summed E-state index contributed by atoms with van der Waals surface area (Å²) in [6.45, 7) is 1.63. The highest BCUT2D eigenvalue weighted by Crippen LogP contribution is 2.31. The number of ether oxygens (including phenoxy) is 1. The molecular formula is C17H18ClNO2. The SMILES string of the molecule is CC(=O)OC(CN)C(c1ccccc1)c1cccc(Cl)c1. The first-order valence-electron chi connectivity index (χ1n) is 6.79. The van der Waals surface area contributed by atoms with Gasteiger partial charge in [0.25, 0.3) is 0 Å². The molecule has 0 aliphatic heterocycles. The van der Waals surface area contributed by atoms with Crippen LogP contribution in [-0.4, -0.2) is 18.6 Å². The first kappa shape index (κ1) is 15.5. The second-order valence-corrected chi connectivity index (χ2v) is 5.26. The molecular weight excluding hydrogens is 286 g/mol. The monoisotopic (exact) mass is 303 g/mol. The molecule has 0 spiro atoms. The normalized spacial score (nSPS) is 13.5. The summed E-state index contributed by atoms with van der Waals surface area (Å²) in [4.78, 5) is 11.3. The molecule has 2 rings (SSSR count). The Morgan fingerprint density at radius 1 is 1.14 bits per heavy atom. The molecule has 21 heavy (non-hydrogen) atoms. The molecule has 0 aromatic heterocycles. The van der Waals surface area contributed by atoms with Crippen molar-refractivity contribution in [2.75, 3.05) is 6.54 Å². The van der Waals surface area contributed by atoms with Crippen LogP contribution in [0.25, 0.3) is 0 Å². The Morgan fingerprint density at radius 3 is 2.38 bits per heavy atom. The lowest BCUT2D eigenvalue weighted by Gasteiger charge is -2.26. The van der Waals surface area contributed by atoms with E-state index in [4.69, 9.17) is 22.1 Å². The highest BCUT2D eigenvalue weighted by molar-refractivity contribution is 6.30. The summed E-state index contributed by atoms with van der Waals surface area (Å²) in [7, 11) is 0. The summed E-state index contributed by atoms with van der Waals surface area (Å²) in [6, 6.07) is 17.4. The highest BCUT2D eigenvalue weighted by Gasteiger charge is 2.26. The van der Waals surface area contributed by atoms with E-state index >= 15 is 0 Å². The lowest BCUT2D eigenvalue weighted by Crippen LogP contribution is -2.32. The second-order valence-electron chi connectivity index (χ2n) is 4.83. The molecule has 2 aromatic rings. The van der Waals surface area contributed by atoms with Crippen LogP contribution in [-0.2, 0) is 9.53 Å². The van der Waals surface area contributed by atoms with Crippen LogP contribution in [0.2, 0.25) is 5.02 Å². The van der Waals surface area contributed by atoms with Gasteiger partial charge >= 0.3 is 5.97 Å². The minimum Gasteiger partial charge on any atom is -0.460 e. The van der Waals surface area contributed by atoms with Crippen molar-refractivity contribution in [3.63, 3.8) is 0 Å². The molecule has 0 fully saturated rings. The van der Waals surface area contributed by atoms with Gasteiger partial charge in [-0.05, 0) is 23.3 Å². The Balaban J connectivity index is 2.46. The van der Waals surface area contributed by atoms with E-state index in [1.165, 1.54) is 6.92 Å². The van der Waals surface area contributed by atoms with E-state index in [-0.39, 0.29) is 18.4 Å². The van der Waals surface area contributed by atoms with Crippen molar-refractivity contribution in [3.05, 3.63) is 70.7 Å². The van der Waals surface area contributed by atoms with Crippen molar-refractivity contribution in [1.82, 2.24) is 0 Å². The van der Waals surface area contributed by atoms with Crippen molar-refractivity contribution in [3.8, 4) is 0 Å². The van der Waals surface area contributed by atoms with Gasteiger partial charge in [0.15, 0.2) is 0 Å². The first-order chi connectivity index (χ1) is 10.1. The predicted octanol–water partition coefficient (Wildman–Crippen LogP) is 3.36. The zero-order valence-electron chi connectivity index (χ0n) is 11.8. The van der Waals surface area contributed by atoms with E-state index in [0.29, 0.717) is 5.02 Å². The number of halogens is 1. The molecule has 2 unspecified atom stereocenters. The lowest BCUT2D eigenvalue weighted by molar-refractivity contribution is -0.146. The van der Waals surface area contributed by atoms with E-state index in [1.807, 2.05) is 54.6 Å². The fraction of sp³-hybridized carbons (Fsp3) is 0.235. The Morgan fingerprint density at radius 2 is 1.81 bits per heavy atom. The smallest absolute Gasteiger partial charge is 0.302 e. The van der Waals surface area contributed by atoms with Crippen molar-refractivity contribution < 1.29 is 9.53 Å². The van der Waals surface area contributed by atoms with Crippen molar-refractivity contribution in [1.29, 1.82) is 0 Å². The quantitative estimate of drug-likeness (QED) is 0.862. The zero-order chi connectivity index (χ0) is 15.2. The largest absolute Gasteiger partial charge is 0.460 e. The van der Waals surface area contributed by atoms with Crippen LogP contribution in [0.1, 0.15) is 24.0 Å². The summed E-state index contributed by atoms with van der Waals surface area (Å²) in [5.74, 6) is -0.479. The van der Waals surface area contributed by atoms with Crippen molar-refractivity contribution in [2.24, 2.45) is 5.73 Å². The third-order valence-corrected chi connectivity index (χ3v) is 3.52. The Kier molecular flexibility index (Phi) is 5.37. The molecule has 2 atom stereocenters. The third kappa shape index (κ3) is 4.06. The summed E-state index contributed by atoms with van der Waals surface area (Å²) in [5, 5.41) is 0.645. The van der Waals surface area contributed by atoms with Gasteiger partial charge in [-0.25, -0.2) is 0 Å². The highest BCUT2D eigenvalue weighted by atomic mass is 35.5. The fourth-order valence-corrected chi connectivity index (χ4v) is 2.65. The number of hydrogen-bond acceptors (Lipinski definition) is 3. The van der Waals surface area contributed by atoms with Gasteiger partial charge in [0.1, 0.15) is 6.10 Å². The van der Waals surface area contributed by atoms with Gasteiger partial charge in [-0.3, -0.25) is 4.79 Å². The van der Waals surface area contributed by atoms with Gasteiger partial charge in [-0.1, -0.05) is 54.1 Å². The number of carbonyl (C=O) groups excluding carboxylic acids is 1. The number of benzene rings is 2. The number of esters is 1. The average molecular weight is 304 g/mol. The standard InChI is InChI=1S/C17H18ClNO2/c1-12(20)21-16(11-19)17(13-6-3-2-4-7-13)14-8-5-9-15(18)10-14/h2-10,16-17H,11,19H2,1H3. The zero-order valence-corrected chi connectivity index (χ0v) is 12.6. The van der Waals surface area contributed by atoms with Crippen molar-refractivity contribution >= 4 is 17.6 Å². The van der Waals surface area contributed by atoms with Crippen molar-refractivity contribution in [2.45, 2.75) is 18.9 Å². The maximum atomic E-state index is 11.3. The maximum Gasteiger partial charge on any atom is 0.302 e. The lowest BCUT2D eigenvalue weighted by atomic mass is 9.86. The second kappa shape index (κ2) is 7.25. The summed E-state index contributed by atoms with van der Waals surface area (Å²) < 4.78 is 5.40. The number of carbonyl (C=O) groups is 1. The minimum absolute atomic E-state index is 0.140. The number of nitrogens with two attached hydrogens (primary N) is 1. The van der Waals surface area contributed by atoms with Gasteiger partial charge in [-0.15, -0.1) is 0 Å². The molecule has 2 aromatic carbocycles. The molecule has 110 valence electrons. The van der Waals surface area contributed by atoms with Gasteiger partial charge in [0, 0.05) is 24.4 Å². The van der Waals surface area contributed by atoms with E-state index < -0.39 is 6.10 Å². The topological polar surface area (TPSA) is 52.3 Å². The predicted molar refractivity (Wildman–Crippen MR) is 84.3 cm³/mol. The molecule has 4 heteroatoms. The minimum atomic E-state index is -0.427. The number of hydrogen-bond donors (Lipinski definition) is 1. The van der Waals surface area contributed by atoms with E-state index in [9.17, 15) is 4.79 Å². The molecule has 0 bridgehead atoms. The number of rotatable bonds is 5. The molecule has 2 N–H and O–H groups in total. The summed E-state index contributed by atoms with van der Waals surface area (Å²) >= 11 is 6.09. The first-order valence-corrected chi connectivity index (χ1v) is 7.17. The summed E-state index contributed by atoms with van der Waals surface area (Å²) in [5.41, 5.74) is 7.84. The Hall–Kier alpha value is -1.84. The van der Waals surface area contributed by atoms with Crippen LogP contribution in [0.5, 0.6) is 0 Å². The van der Waals surface area contributed by atoms with E-state index in [2.05, 4.69) is 0 Å². The fourth-order valence-electron chi connectivity index (χ4n) is 2.45. The third-order valence-electron chi connectivity index (χ3n) is 3.29. The van der Waals surface area contributed by atoms with Gasteiger partial charge in [0.2, 0.25) is 0 Å². The molecule has 0 saturated carbocycles. The molecule has 0 amide bonds. The van der Waals surface area contributed by atoms with Crippen LogP contribution >= 0.6 is 11.6 Å². The van der Waals surface area contributed by atoms with Crippen LogP contribution in [0, 0.1) is 0 Å². The Labute approximate surface area is 129 Å². The van der Waals surface area contributed by atoms with E-state index in [0.717, 1.165) is 11.1 Å². The van der Waals surface area contributed by atoms with Gasteiger partial charge in [0.05, 0.1) is 0 Å². The molecule has 0 heterocycles. The van der Waals surface area contributed by atoms with Gasteiger partial charge in [-0.2, -0.15) is 0 Å². The van der Waals surface area contributed by atoms with Gasteiger partial charge < -0.3 is 10.5 Å². The van der Waals surface area contributed by atoms with Crippen LogP contribution in [0.4, 0.5) is 0 Å². The van der Waals surface area contributed by atoms with Crippen LogP contribution in [0.3, 0.4) is 0 Å². The molecule has 0 aliphatic rings. The average Bonchev–Trinajstić information content (AvgIpc) is 2.47. The molecule has 0 saturated heterocycles.